The van der Waals surface area contributed by atoms with Gasteiger partial charge in [-0.2, -0.15) is 0 Å². The molecule has 86 valence electrons. The van der Waals surface area contributed by atoms with Crippen LogP contribution in [0.25, 0.3) is 11.4 Å². The second kappa shape index (κ2) is 4.04. The van der Waals surface area contributed by atoms with Crippen LogP contribution in [0.15, 0.2) is 18.5 Å². The summed E-state index contributed by atoms with van der Waals surface area (Å²) in [5.74, 6) is 0.848. The van der Waals surface area contributed by atoms with Crippen LogP contribution in [-0.2, 0) is 12.8 Å². The van der Waals surface area contributed by atoms with Gasteiger partial charge in [-0.05, 0) is 37.8 Å². The highest BCUT2D eigenvalue weighted by molar-refractivity contribution is 7.71. The number of aromatic nitrogens is 3. The summed E-state index contributed by atoms with van der Waals surface area (Å²) < 4.78 is 0.745. The molecule has 2 aromatic heterocycles. The summed E-state index contributed by atoms with van der Waals surface area (Å²) >= 11 is 5.36. The summed E-state index contributed by atoms with van der Waals surface area (Å²) in [5, 5.41) is 0. The van der Waals surface area contributed by atoms with Crippen molar-refractivity contribution in [1.82, 2.24) is 15.0 Å². The Morgan fingerprint density at radius 3 is 3.06 bits per heavy atom. The van der Waals surface area contributed by atoms with Gasteiger partial charge in [0.2, 0.25) is 0 Å². The topological polar surface area (TPSA) is 41.6 Å². The largest absolute Gasteiger partial charge is 0.343 e. The normalized spacial score (nSPS) is 13.7. The fourth-order valence-corrected chi connectivity index (χ4v) is 2.61. The van der Waals surface area contributed by atoms with Gasteiger partial charge in [0.15, 0.2) is 0 Å². The number of fused-ring (bicyclic) bond motifs is 1. The summed E-state index contributed by atoms with van der Waals surface area (Å²) in [5.41, 5.74) is 4.68. The van der Waals surface area contributed by atoms with Gasteiger partial charge in [0.05, 0.1) is 0 Å². The lowest BCUT2D eigenvalue weighted by Crippen LogP contribution is -1.98. The van der Waals surface area contributed by atoms with E-state index in [2.05, 4.69) is 21.9 Å². The minimum Gasteiger partial charge on any atom is -0.343 e. The number of pyridine rings is 1. The number of aromatic amines is 1. The molecule has 3 rings (SSSR count). The molecule has 0 saturated heterocycles. The number of hydrogen-bond donors (Lipinski definition) is 1. The first-order valence-electron chi connectivity index (χ1n) is 5.79. The Kier molecular flexibility index (Phi) is 2.52. The first-order chi connectivity index (χ1) is 8.25. The summed E-state index contributed by atoms with van der Waals surface area (Å²) in [7, 11) is 0. The van der Waals surface area contributed by atoms with Gasteiger partial charge in [-0.15, -0.1) is 0 Å². The molecule has 3 nitrogen and oxygen atoms in total. The van der Waals surface area contributed by atoms with Crippen molar-refractivity contribution >= 4 is 12.2 Å². The monoisotopic (exact) mass is 243 g/mol. The average molecular weight is 243 g/mol. The molecule has 0 atom stereocenters. The Hall–Kier alpha value is -1.55. The van der Waals surface area contributed by atoms with Gasteiger partial charge in [-0.25, -0.2) is 4.98 Å². The minimum absolute atomic E-state index is 0.745. The Morgan fingerprint density at radius 2 is 2.24 bits per heavy atom. The lowest BCUT2D eigenvalue weighted by atomic mass is 10.1. The number of aryl methyl sites for hydroxylation is 2. The summed E-state index contributed by atoms with van der Waals surface area (Å²) in [4.78, 5) is 12.1. The second-order valence-corrected chi connectivity index (χ2v) is 4.78. The van der Waals surface area contributed by atoms with Crippen molar-refractivity contribution in [2.45, 2.75) is 26.2 Å². The van der Waals surface area contributed by atoms with Crippen molar-refractivity contribution in [1.29, 1.82) is 0 Å². The molecular weight excluding hydrogens is 230 g/mol. The Balaban J connectivity index is 2.20. The predicted octanol–water partition coefficient (Wildman–Crippen LogP) is 3.00. The maximum atomic E-state index is 5.36. The maximum Gasteiger partial charge on any atom is 0.140 e. The zero-order chi connectivity index (χ0) is 11.8. The Morgan fingerprint density at radius 1 is 1.35 bits per heavy atom. The van der Waals surface area contributed by atoms with Gasteiger partial charge in [-0.1, -0.05) is 12.2 Å². The first kappa shape index (κ1) is 10.6. The fourth-order valence-electron chi connectivity index (χ4n) is 2.30. The zero-order valence-electron chi connectivity index (χ0n) is 9.66. The second-order valence-electron chi connectivity index (χ2n) is 4.39. The van der Waals surface area contributed by atoms with Crippen molar-refractivity contribution in [2.75, 3.05) is 0 Å². The van der Waals surface area contributed by atoms with Crippen LogP contribution >= 0.6 is 12.2 Å². The Labute approximate surface area is 105 Å². The van der Waals surface area contributed by atoms with Crippen molar-refractivity contribution in [3.63, 3.8) is 0 Å². The molecule has 2 aromatic rings. The number of nitrogens with one attached hydrogen (secondary N) is 1. The quantitative estimate of drug-likeness (QED) is 0.783. The van der Waals surface area contributed by atoms with Crippen LogP contribution in [0.1, 0.15) is 23.2 Å². The third-order valence-corrected chi connectivity index (χ3v) is 3.59. The van der Waals surface area contributed by atoms with Crippen LogP contribution in [0.4, 0.5) is 0 Å². The average Bonchev–Trinajstić information content (AvgIpc) is 2.78. The third kappa shape index (κ3) is 1.78. The Bertz CT molecular complexity index is 631. The molecule has 0 aromatic carbocycles. The van der Waals surface area contributed by atoms with Crippen LogP contribution < -0.4 is 0 Å². The van der Waals surface area contributed by atoms with Crippen molar-refractivity contribution in [2.24, 2.45) is 0 Å². The standard InChI is InChI=1S/C13H13N3S/c1-8-5-6-14-7-10(8)12-15-11-4-2-3-9(11)13(17)16-12/h5-7H,2-4H2,1H3,(H,15,16,17). The maximum absolute atomic E-state index is 5.36. The molecular formula is C13H13N3S. The van der Waals surface area contributed by atoms with Gasteiger partial charge in [0.1, 0.15) is 10.5 Å². The van der Waals surface area contributed by atoms with Crippen LogP contribution in [0.2, 0.25) is 0 Å². The molecule has 17 heavy (non-hydrogen) atoms. The highest BCUT2D eigenvalue weighted by Crippen LogP contribution is 2.25. The van der Waals surface area contributed by atoms with Crippen molar-refractivity contribution < 1.29 is 0 Å². The van der Waals surface area contributed by atoms with Gasteiger partial charge in [0, 0.05) is 29.2 Å². The third-order valence-electron chi connectivity index (χ3n) is 3.25. The zero-order valence-corrected chi connectivity index (χ0v) is 10.5. The minimum atomic E-state index is 0.745. The predicted molar refractivity (Wildman–Crippen MR) is 69.4 cm³/mol. The molecule has 1 aliphatic rings. The molecule has 0 amide bonds. The highest BCUT2D eigenvalue weighted by atomic mass is 32.1. The van der Waals surface area contributed by atoms with Gasteiger partial charge < -0.3 is 4.98 Å². The van der Waals surface area contributed by atoms with E-state index in [1.165, 1.54) is 17.7 Å². The van der Waals surface area contributed by atoms with Crippen molar-refractivity contribution in [3.05, 3.63) is 39.9 Å². The molecule has 0 spiro atoms. The molecule has 4 heteroatoms. The highest BCUT2D eigenvalue weighted by Gasteiger charge is 2.15. The molecule has 0 unspecified atom stereocenters. The van der Waals surface area contributed by atoms with E-state index in [1.54, 1.807) is 6.20 Å². The van der Waals surface area contributed by atoms with Gasteiger partial charge >= 0.3 is 0 Å². The smallest absolute Gasteiger partial charge is 0.140 e. The van der Waals surface area contributed by atoms with E-state index >= 15 is 0 Å². The first-order valence-corrected chi connectivity index (χ1v) is 6.19. The lowest BCUT2D eigenvalue weighted by Gasteiger charge is -2.07. The van der Waals surface area contributed by atoms with E-state index in [0.29, 0.717) is 0 Å². The molecule has 0 aliphatic heterocycles. The van der Waals surface area contributed by atoms with E-state index in [1.807, 2.05) is 12.3 Å². The molecule has 0 radical (unpaired) electrons. The van der Waals surface area contributed by atoms with E-state index < -0.39 is 0 Å². The number of nitrogens with zero attached hydrogens (tertiary/aromatic N) is 2. The van der Waals surface area contributed by atoms with E-state index in [-0.39, 0.29) is 0 Å². The number of H-pyrrole nitrogens is 1. The molecule has 0 fully saturated rings. The summed E-state index contributed by atoms with van der Waals surface area (Å²) in [6.45, 7) is 2.06. The van der Waals surface area contributed by atoms with Crippen LogP contribution in [0.3, 0.4) is 0 Å². The summed E-state index contributed by atoms with van der Waals surface area (Å²) in [6.07, 6.45) is 6.94. The number of rotatable bonds is 1. The van der Waals surface area contributed by atoms with Crippen LogP contribution in [0.5, 0.6) is 0 Å². The molecule has 2 heterocycles. The summed E-state index contributed by atoms with van der Waals surface area (Å²) in [6, 6.07) is 1.99. The molecule has 0 bridgehead atoms. The number of hydrogen-bond acceptors (Lipinski definition) is 3. The van der Waals surface area contributed by atoms with Crippen LogP contribution in [-0.4, -0.2) is 15.0 Å². The van der Waals surface area contributed by atoms with E-state index in [9.17, 15) is 0 Å². The molecule has 1 aliphatic carbocycles. The molecule has 0 saturated carbocycles. The molecule has 1 N–H and O–H groups in total. The SMILES string of the molecule is Cc1ccncc1-c1nc(=S)c2c([nH]1)CCC2. The van der Waals surface area contributed by atoms with Crippen LogP contribution in [0, 0.1) is 11.6 Å². The van der Waals surface area contributed by atoms with E-state index in [0.717, 1.165) is 34.4 Å². The van der Waals surface area contributed by atoms with Crippen molar-refractivity contribution in [3.8, 4) is 11.4 Å². The van der Waals surface area contributed by atoms with Gasteiger partial charge in [-0.3, -0.25) is 4.98 Å². The van der Waals surface area contributed by atoms with E-state index in [4.69, 9.17) is 12.2 Å². The fraction of sp³-hybridized carbons (Fsp3) is 0.308. The van der Waals surface area contributed by atoms with Gasteiger partial charge in [0.25, 0.3) is 0 Å². The lowest BCUT2D eigenvalue weighted by molar-refractivity contribution is 0.899.